The normalized spacial score (nSPS) is 17.1. The maximum Gasteiger partial charge on any atom is 0.255 e. The number of aliphatic imine (C=N–C) groups is 1. The highest BCUT2D eigenvalue weighted by Gasteiger charge is 2.45. The van der Waals surface area contributed by atoms with Crippen LogP contribution in [0.2, 0.25) is 0 Å². The Morgan fingerprint density at radius 1 is 1.35 bits per heavy atom. The molecule has 0 unspecified atom stereocenters. The Hall–Kier alpha value is -1.17. The molecule has 20 heavy (non-hydrogen) atoms. The van der Waals surface area contributed by atoms with E-state index in [4.69, 9.17) is 0 Å². The smallest absolute Gasteiger partial charge is 0.255 e. The summed E-state index contributed by atoms with van der Waals surface area (Å²) in [6.07, 6.45) is -0.199. The van der Waals surface area contributed by atoms with Crippen LogP contribution < -0.4 is 10.6 Å². The van der Waals surface area contributed by atoms with E-state index in [1.54, 1.807) is 7.05 Å². The maximum absolute atomic E-state index is 12.2. The summed E-state index contributed by atoms with van der Waals surface area (Å²) in [5.41, 5.74) is 1.35. The number of hydrogen-bond acceptors (Lipinski definition) is 1. The molecule has 0 amide bonds. The van der Waals surface area contributed by atoms with Crippen LogP contribution >= 0.6 is 15.9 Å². The molecule has 1 aromatic rings. The van der Waals surface area contributed by atoms with Crippen molar-refractivity contribution in [2.24, 2.45) is 4.99 Å². The van der Waals surface area contributed by atoms with Crippen molar-refractivity contribution in [1.82, 2.24) is 10.6 Å². The molecule has 1 aliphatic rings. The van der Waals surface area contributed by atoms with Crippen LogP contribution in [0.3, 0.4) is 0 Å². The van der Waals surface area contributed by atoms with Gasteiger partial charge >= 0.3 is 0 Å². The first kappa shape index (κ1) is 15.2. The Labute approximate surface area is 126 Å². The number of nitrogens with one attached hydrogen (secondary N) is 2. The average molecular weight is 346 g/mol. The minimum absolute atomic E-state index is 0.0859. The summed E-state index contributed by atoms with van der Waals surface area (Å²) in [7, 11) is 1.58. The van der Waals surface area contributed by atoms with Gasteiger partial charge in [-0.25, -0.2) is 8.78 Å². The minimum Gasteiger partial charge on any atom is -0.356 e. The van der Waals surface area contributed by atoms with Crippen molar-refractivity contribution in [3.05, 3.63) is 34.3 Å². The Balaban J connectivity index is 1.95. The van der Waals surface area contributed by atoms with Gasteiger partial charge in [-0.05, 0) is 24.5 Å². The van der Waals surface area contributed by atoms with E-state index in [0.717, 1.165) is 17.3 Å². The number of rotatable bonds is 5. The molecule has 0 spiro atoms. The van der Waals surface area contributed by atoms with Crippen LogP contribution in [-0.2, 0) is 5.41 Å². The SMILES string of the molecule is CN=C(NCC(F)F)NCC1(c2ccccc2Br)CC1. The summed E-state index contributed by atoms with van der Waals surface area (Å²) < 4.78 is 25.5. The van der Waals surface area contributed by atoms with Crippen LogP contribution in [0.25, 0.3) is 0 Å². The minimum atomic E-state index is -2.38. The number of guanidine groups is 1. The molecule has 0 radical (unpaired) electrons. The fourth-order valence-corrected chi connectivity index (χ4v) is 2.94. The van der Waals surface area contributed by atoms with Gasteiger partial charge in [-0.2, -0.15) is 0 Å². The summed E-state index contributed by atoms with van der Waals surface area (Å²) in [6, 6.07) is 8.14. The predicted octanol–water partition coefficient (Wildman–Crippen LogP) is 2.91. The second-order valence-electron chi connectivity index (χ2n) is 4.96. The van der Waals surface area contributed by atoms with Crippen molar-refractivity contribution < 1.29 is 8.78 Å². The third-order valence-electron chi connectivity index (χ3n) is 3.54. The molecule has 0 heterocycles. The molecule has 1 aliphatic carbocycles. The average Bonchev–Trinajstić information content (AvgIpc) is 3.20. The molecule has 6 heteroatoms. The highest BCUT2D eigenvalue weighted by Crippen LogP contribution is 2.49. The number of nitrogens with zero attached hydrogens (tertiary/aromatic N) is 1. The lowest BCUT2D eigenvalue weighted by Gasteiger charge is -2.20. The molecule has 1 aromatic carbocycles. The van der Waals surface area contributed by atoms with E-state index >= 15 is 0 Å². The lowest BCUT2D eigenvalue weighted by Crippen LogP contribution is -2.42. The molecule has 0 bridgehead atoms. The predicted molar refractivity (Wildman–Crippen MR) is 80.4 cm³/mol. The molecule has 110 valence electrons. The maximum atomic E-state index is 12.2. The van der Waals surface area contributed by atoms with Crippen LogP contribution in [0.4, 0.5) is 8.78 Å². The largest absolute Gasteiger partial charge is 0.356 e. The van der Waals surface area contributed by atoms with Gasteiger partial charge < -0.3 is 10.6 Å². The summed E-state index contributed by atoms with van der Waals surface area (Å²) in [6.45, 7) is 0.306. The van der Waals surface area contributed by atoms with Gasteiger partial charge in [-0.15, -0.1) is 0 Å². The molecule has 0 aliphatic heterocycles. The van der Waals surface area contributed by atoms with Crippen molar-refractivity contribution in [3.63, 3.8) is 0 Å². The van der Waals surface area contributed by atoms with E-state index in [1.165, 1.54) is 5.56 Å². The zero-order valence-corrected chi connectivity index (χ0v) is 12.9. The van der Waals surface area contributed by atoms with Gasteiger partial charge in [-0.1, -0.05) is 34.1 Å². The second kappa shape index (κ2) is 6.52. The van der Waals surface area contributed by atoms with E-state index in [2.05, 4.69) is 37.6 Å². The fourth-order valence-electron chi connectivity index (χ4n) is 2.23. The lowest BCUT2D eigenvalue weighted by molar-refractivity contribution is 0.152. The van der Waals surface area contributed by atoms with Crippen LogP contribution in [-0.4, -0.2) is 32.5 Å². The van der Waals surface area contributed by atoms with Crippen molar-refractivity contribution >= 4 is 21.9 Å². The number of alkyl halides is 2. The Morgan fingerprint density at radius 3 is 2.60 bits per heavy atom. The molecule has 0 atom stereocenters. The van der Waals surface area contributed by atoms with E-state index in [1.807, 2.05) is 18.2 Å². The zero-order chi connectivity index (χ0) is 14.6. The molecule has 3 nitrogen and oxygen atoms in total. The van der Waals surface area contributed by atoms with Crippen molar-refractivity contribution in [3.8, 4) is 0 Å². The lowest BCUT2D eigenvalue weighted by atomic mass is 9.96. The van der Waals surface area contributed by atoms with Crippen LogP contribution in [0.5, 0.6) is 0 Å². The van der Waals surface area contributed by atoms with Gasteiger partial charge in [0, 0.05) is 23.5 Å². The van der Waals surface area contributed by atoms with Crippen LogP contribution in [0, 0.1) is 0 Å². The Morgan fingerprint density at radius 2 is 2.05 bits per heavy atom. The summed E-state index contributed by atoms with van der Waals surface area (Å²) in [5, 5.41) is 5.75. The molecule has 2 rings (SSSR count). The molecule has 2 N–H and O–H groups in total. The Kier molecular flexibility index (Phi) is 4.96. The third-order valence-corrected chi connectivity index (χ3v) is 4.23. The summed E-state index contributed by atoms with van der Waals surface area (Å²) in [4.78, 5) is 3.96. The van der Waals surface area contributed by atoms with Crippen molar-refractivity contribution in [2.75, 3.05) is 20.1 Å². The highest BCUT2D eigenvalue weighted by molar-refractivity contribution is 9.10. The molecule has 1 fully saturated rings. The van der Waals surface area contributed by atoms with Crippen LogP contribution in [0.1, 0.15) is 18.4 Å². The monoisotopic (exact) mass is 345 g/mol. The molecule has 0 saturated heterocycles. The summed E-state index contributed by atoms with van der Waals surface area (Å²) in [5.74, 6) is 0.420. The first-order valence-corrected chi connectivity index (χ1v) is 7.34. The molecular weight excluding hydrogens is 328 g/mol. The fraction of sp³-hybridized carbons (Fsp3) is 0.500. The summed E-state index contributed by atoms with van der Waals surface area (Å²) >= 11 is 3.57. The number of halogens is 3. The van der Waals surface area contributed by atoms with Crippen LogP contribution in [0.15, 0.2) is 33.7 Å². The zero-order valence-electron chi connectivity index (χ0n) is 11.3. The topological polar surface area (TPSA) is 36.4 Å². The standard InChI is InChI=1S/C14H18BrF2N3/c1-18-13(19-8-12(16)17)20-9-14(6-7-14)10-4-2-3-5-11(10)15/h2-5,12H,6-9H2,1H3,(H2,18,19,20). The Bertz CT molecular complexity index is 487. The third kappa shape index (κ3) is 3.69. The van der Waals surface area contributed by atoms with Gasteiger partial charge in [-0.3, -0.25) is 4.99 Å². The van der Waals surface area contributed by atoms with E-state index in [0.29, 0.717) is 12.5 Å². The van der Waals surface area contributed by atoms with E-state index in [-0.39, 0.29) is 12.0 Å². The molecule has 1 saturated carbocycles. The van der Waals surface area contributed by atoms with Gasteiger partial charge in [0.15, 0.2) is 5.96 Å². The van der Waals surface area contributed by atoms with Gasteiger partial charge in [0.05, 0.1) is 6.54 Å². The van der Waals surface area contributed by atoms with E-state index < -0.39 is 6.43 Å². The van der Waals surface area contributed by atoms with Crippen molar-refractivity contribution in [1.29, 1.82) is 0 Å². The first-order valence-electron chi connectivity index (χ1n) is 6.55. The molecule has 0 aromatic heterocycles. The second-order valence-corrected chi connectivity index (χ2v) is 5.81. The quantitative estimate of drug-likeness (QED) is 0.635. The first-order chi connectivity index (χ1) is 9.57. The highest BCUT2D eigenvalue weighted by atomic mass is 79.9. The number of hydrogen-bond donors (Lipinski definition) is 2. The number of benzene rings is 1. The van der Waals surface area contributed by atoms with Gasteiger partial charge in [0.1, 0.15) is 0 Å². The molecular formula is C14H18BrF2N3. The van der Waals surface area contributed by atoms with Crippen molar-refractivity contribution in [2.45, 2.75) is 24.7 Å². The van der Waals surface area contributed by atoms with Gasteiger partial charge in [0.2, 0.25) is 0 Å². The van der Waals surface area contributed by atoms with Gasteiger partial charge in [0.25, 0.3) is 6.43 Å². The van der Waals surface area contributed by atoms with E-state index in [9.17, 15) is 8.78 Å².